The third-order valence-corrected chi connectivity index (χ3v) is 12.2. The molecule has 0 bridgehead atoms. The van der Waals surface area contributed by atoms with Crippen molar-refractivity contribution < 1.29 is 41.9 Å². The van der Waals surface area contributed by atoms with Gasteiger partial charge in [0.15, 0.2) is 0 Å². The van der Waals surface area contributed by atoms with E-state index in [0.717, 1.165) is 94.1 Å². The molecule has 9 nitrogen and oxygen atoms in total. The summed E-state index contributed by atoms with van der Waals surface area (Å²) in [6.07, 6.45) is 11.3. The Hall–Kier alpha value is -2.89. The van der Waals surface area contributed by atoms with Crippen molar-refractivity contribution in [2.45, 2.75) is 93.9 Å². The maximum atomic E-state index is 11.3. The second-order valence-electron chi connectivity index (χ2n) is 17.3. The molecule has 3 saturated carbocycles. The van der Waals surface area contributed by atoms with Crippen molar-refractivity contribution in [2.75, 3.05) is 83.0 Å². The van der Waals surface area contributed by atoms with E-state index in [1.54, 1.807) is 54.6 Å². The summed E-state index contributed by atoms with van der Waals surface area (Å²) in [4.78, 5) is 6.26. The zero-order valence-electron chi connectivity index (χ0n) is 44.6. The van der Waals surface area contributed by atoms with Crippen molar-refractivity contribution in [2.24, 2.45) is 17.8 Å². The van der Waals surface area contributed by atoms with Gasteiger partial charge in [-0.25, -0.2) is 0 Å². The molecule has 3 aliphatic rings. The van der Waals surface area contributed by atoms with Crippen LogP contribution in [-0.4, -0.2) is 113 Å². The summed E-state index contributed by atoms with van der Waals surface area (Å²) in [6, 6.07) is 20.7. The molecular formula is C48H76ClN3O6. The average molecular weight is 836 g/mol. The lowest BCUT2D eigenvalue weighted by Crippen LogP contribution is -2.43. The van der Waals surface area contributed by atoms with Crippen LogP contribution in [0.2, 0.25) is 0 Å². The lowest BCUT2D eigenvalue weighted by molar-refractivity contribution is -0.0621. The first kappa shape index (κ1) is 36.9. The first-order valence-electron chi connectivity index (χ1n) is 25.1. The van der Waals surface area contributed by atoms with Gasteiger partial charge in [-0.2, -0.15) is 0 Å². The fourth-order valence-electron chi connectivity index (χ4n) is 9.36. The quantitative estimate of drug-likeness (QED) is 0.167. The fraction of sp³-hybridized carbons (Fsp3) is 0.625. The highest BCUT2D eigenvalue weighted by Gasteiger charge is 2.42. The molecule has 326 valence electrons. The number of hydrogen-bond acceptors (Lipinski definition) is 9. The minimum atomic E-state index is -2.48. The van der Waals surface area contributed by atoms with E-state index >= 15 is 0 Å². The smallest absolute Gasteiger partial charge is 0.119 e. The molecule has 3 N–H and O–H groups in total. The monoisotopic (exact) mass is 835 g/mol. The molecule has 0 spiro atoms. The summed E-state index contributed by atoms with van der Waals surface area (Å²) in [5.74, 6) is 1.25. The lowest BCUT2D eigenvalue weighted by atomic mass is 9.71. The van der Waals surface area contributed by atoms with E-state index in [1.165, 1.54) is 0 Å². The summed E-state index contributed by atoms with van der Waals surface area (Å²) in [5, 5.41) is 33.8. The minimum absolute atomic E-state index is 0. The van der Waals surface area contributed by atoms with Gasteiger partial charge in [0.25, 0.3) is 0 Å². The van der Waals surface area contributed by atoms with Gasteiger partial charge in [0, 0.05) is 37.4 Å². The van der Waals surface area contributed by atoms with Crippen LogP contribution in [0.3, 0.4) is 0 Å². The highest BCUT2D eigenvalue weighted by Crippen LogP contribution is 2.45. The zero-order chi connectivity index (χ0) is 49.1. The number of rotatable bonds is 12. The number of benzene rings is 3. The van der Waals surface area contributed by atoms with Crippen LogP contribution in [0.5, 0.6) is 17.2 Å². The fourth-order valence-corrected chi connectivity index (χ4v) is 9.36. The van der Waals surface area contributed by atoms with E-state index in [2.05, 4.69) is 14.7 Å². The summed E-state index contributed by atoms with van der Waals surface area (Å²) in [6.45, 7) is 2.42. The Kier molecular flexibility index (Phi) is 14.8. The van der Waals surface area contributed by atoms with Crippen LogP contribution in [0, 0.1) is 17.8 Å². The van der Waals surface area contributed by atoms with Gasteiger partial charge in [-0.05, 0) is 134 Å². The largest absolute Gasteiger partial charge is 0.497 e. The van der Waals surface area contributed by atoms with Crippen molar-refractivity contribution in [3.8, 4) is 17.2 Å². The number of aliphatic hydroxyl groups is 3. The first-order valence-corrected chi connectivity index (χ1v) is 20.6. The molecule has 0 aromatic heterocycles. The summed E-state index contributed by atoms with van der Waals surface area (Å²) >= 11 is 0. The van der Waals surface area contributed by atoms with Crippen molar-refractivity contribution in [1.29, 1.82) is 0 Å². The minimum Gasteiger partial charge on any atom is -0.497 e. The molecule has 3 aromatic carbocycles. The molecule has 6 atom stereocenters. The van der Waals surface area contributed by atoms with Crippen LogP contribution in [0.25, 0.3) is 0 Å². The molecule has 6 rings (SSSR count). The Morgan fingerprint density at radius 2 is 0.776 bits per heavy atom. The topological polar surface area (TPSA) is 98.1 Å². The third-order valence-electron chi connectivity index (χ3n) is 12.2. The molecule has 0 heterocycles. The normalized spacial score (nSPS) is 30.0. The van der Waals surface area contributed by atoms with Gasteiger partial charge in [0.1, 0.15) is 17.2 Å². The van der Waals surface area contributed by atoms with Gasteiger partial charge < -0.3 is 44.2 Å². The van der Waals surface area contributed by atoms with E-state index < -0.39 is 37.9 Å². The van der Waals surface area contributed by atoms with Crippen molar-refractivity contribution in [3.05, 3.63) is 89.5 Å². The lowest BCUT2D eigenvalue weighted by Gasteiger charge is -2.41. The molecule has 0 saturated heterocycles. The van der Waals surface area contributed by atoms with Crippen LogP contribution in [0.1, 0.15) is 106 Å². The van der Waals surface area contributed by atoms with Gasteiger partial charge in [-0.1, -0.05) is 74.9 Å². The van der Waals surface area contributed by atoms with Crippen LogP contribution >= 0.6 is 12.4 Å². The summed E-state index contributed by atoms with van der Waals surface area (Å²) in [7, 11) is 4.59. The van der Waals surface area contributed by atoms with E-state index in [0.29, 0.717) is 19.3 Å². The highest BCUT2D eigenvalue weighted by molar-refractivity contribution is 5.85. The third kappa shape index (κ3) is 13.1. The Bertz CT molecular complexity index is 1740. The molecule has 0 radical (unpaired) electrons. The predicted molar refractivity (Wildman–Crippen MR) is 239 cm³/mol. The van der Waals surface area contributed by atoms with Crippen LogP contribution < -0.4 is 14.2 Å². The number of methoxy groups -OCH3 is 3. The second kappa shape index (κ2) is 23.2. The number of ether oxygens (including phenoxy) is 3. The van der Waals surface area contributed by atoms with Gasteiger partial charge in [0.2, 0.25) is 0 Å². The average Bonchev–Trinajstić information content (AvgIpc) is 3.19. The molecule has 0 aliphatic heterocycles. The summed E-state index contributed by atoms with van der Waals surface area (Å²) in [5.41, 5.74) is -0.508. The van der Waals surface area contributed by atoms with Crippen molar-refractivity contribution in [1.82, 2.24) is 14.7 Å². The zero-order valence-corrected chi connectivity index (χ0v) is 36.4. The van der Waals surface area contributed by atoms with Gasteiger partial charge in [0.05, 0.1) is 50.3 Å². The molecule has 58 heavy (non-hydrogen) atoms. The molecule has 10 heteroatoms. The number of nitrogens with zero attached hydrogens (tertiary/aromatic N) is 3. The molecule has 3 aromatic rings. The van der Waals surface area contributed by atoms with E-state index in [1.807, 2.05) is 60.5 Å². The molecular weight excluding hydrogens is 750 g/mol. The molecule has 3 aliphatic carbocycles. The Balaban J connectivity index is 0.000000264. The molecule has 2 unspecified atom stereocenters. The predicted octanol–water partition coefficient (Wildman–Crippen LogP) is 8.33. The molecule has 0 amide bonds. The second-order valence-corrected chi connectivity index (χ2v) is 17.3. The maximum Gasteiger partial charge on any atom is 0.119 e. The Labute approximate surface area is 369 Å². The maximum absolute atomic E-state index is 11.3. The number of hydrogen-bond donors (Lipinski definition) is 3. The highest BCUT2D eigenvalue weighted by atomic mass is 35.5. The van der Waals surface area contributed by atoms with Crippen LogP contribution in [0.4, 0.5) is 0 Å². The van der Waals surface area contributed by atoms with E-state index in [-0.39, 0.29) is 47.4 Å². The summed E-state index contributed by atoms with van der Waals surface area (Å²) < 4.78 is 79.8. The van der Waals surface area contributed by atoms with Gasteiger partial charge >= 0.3 is 0 Å². The van der Waals surface area contributed by atoms with Crippen LogP contribution in [-0.2, 0) is 16.8 Å². The van der Waals surface area contributed by atoms with Crippen molar-refractivity contribution >= 4 is 12.4 Å². The standard InChI is InChI=1S/3C16H25NO2.ClH/c3*1-17(2)12-14-7-4-5-10-16(14,18)13-8-6-9-15(11-13)19-3;/h3*6,8-9,11,14,18H,4-5,7,10,12H2,1-3H3;1H/t2*14-,16+;;/m00../s1/i3*3D3;. The van der Waals surface area contributed by atoms with Crippen LogP contribution in [0.15, 0.2) is 72.8 Å². The first-order chi connectivity index (χ1) is 30.6. The SMILES string of the molecule is Cl.[2H]C([2H])([2H])Oc1cccc(C2(O)CCCCC2CN(C)C)c1.[2H]C([2H])([2H])Oc1cccc([C@]2(O)CCCC[C@H]2CN(C)C)c1.[2H]C([2H])([2H])Oc1cccc([C@]2(O)CCCC[C@H]2CN(C)C)c1. The van der Waals surface area contributed by atoms with Gasteiger partial charge in [-0.15, -0.1) is 12.4 Å². The van der Waals surface area contributed by atoms with E-state index in [4.69, 9.17) is 26.5 Å². The molecule has 3 fully saturated rings. The van der Waals surface area contributed by atoms with E-state index in [9.17, 15) is 15.3 Å². The van der Waals surface area contributed by atoms with Gasteiger partial charge in [-0.3, -0.25) is 0 Å². The number of halogens is 1. The Morgan fingerprint density at radius 3 is 1.02 bits per heavy atom. The van der Waals surface area contributed by atoms with Crippen molar-refractivity contribution in [3.63, 3.8) is 0 Å². The Morgan fingerprint density at radius 1 is 0.500 bits per heavy atom.